The van der Waals surface area contributed by atoms with Gasteiger partial charge in [0.1, 0.15) is 0 Å². The zero-order chi connectivity index (χ0) is 8.10. The molecule has 0 aromatic carbocycles. The van der Waals surface area contributed by atoms with E-state index >= 15 is 0 Å². The third kappa shape index (κ3) is 3.21. The van der Waals surface area contributed by atoms with Crippen LogP contribution in [0.15, 0.2) is 0 Å². The Balaban J connectivity index is 2.26. The Kier molecular flexibility index (Phi) is 3.87. The summed E-state index contributed by atoms with van der Waals surface area (Å²) >= 11 is 0. The fourth-order valence-electron chi connectivity index (χ4n) is 1.55. The van der Waals surface area contributed by atoms with Gasteiger partial charge in [-0.1, -0.05) is 19.3 Å². The minimum Gasteiger partial charge on any atom is -0.293 e. The summed E-state index contributed by atoms with van der Waals surface area (Å²) in [5.74, 6) is 0. The predicted octanol–water partition coefficient (Wildman–Crippen LogP) is 1.44. The van der Waals surface area contributed by atoms with E-state index in [0.717, 1.165) is 6.54 Å². The van der Waals surface area contributed by atoms with Crippen molar-refractivity contribution in [2.75, 3.05) is 20.6 Å². The summed E-state index contributed by atoms with van der Waals surface area (Å²) in [4.78, 5) is 2.23. The van der Waals surface area contributed by atoms with Crippen molar-refractivity contribution >= 4 is 0 Å². The molecule has 0 aliphatic carbocycles. The van der Waals surface area contributed by atoms with Crippen LogP contribution in [0, 0.1) is 0 Å². The molecule has 1 heterocycles. The molecular formula is C9H19N2. The second-order valence-electron chi connectivity index (χ2n) is 3.55. The lowest BCUT2D eigenvalue weighted by molar-refractivity contribution is 0.213. The Bertz CT molecular complexity index is 93.7. The summed E-state index contributed by atoms with van der Waals surface area (Å²) < 4.78 is 0. The fraction of sp³-hybridized carbons (Fsp3) is 1.00. The van der Waals surface area contributed by atoms with Crippen LogP contribution in [0.1, 0.15) is 32.1 Å². The largest absolute Gasteiger partial charge is 0.293 e. The Hall–Kier alpha value is -0.0800. The average molecular weight is 155 g/mol. The van der Waals surface area contributed by atoms with Crippen LogP contribution in [-0.2, 0) is 0 Å². The Morgan fingerprint density at radius 3 is 2.55 bits per heavy atom. The number of hydrogen-bond acceptors (Lipinski definition) is 1. The molecule has 1 fully saturated rings. The summed E-state index contributed by atoms with van der Waals surface area (Å²) in [6.45, 7) is 1.07. The van der Waals surface area contributed by atoms with E-state index in [1.165, 1.54) is 32.1 Å². The van der Waals surface area contributed by atoms with Crippen LogP contribution in [0.2, 0.25) is 0 Å². The van der Waals surface area contributed by atoms with Gasteiger partial charge in [-0.25, -0.2) is 5.32 Å². The monoisotopic (exact) mass is 155 g/mol. The van der Waals surface area contributed by atoms with Gasteiger partial charge in [0.15, 0.2) is 0 Å². The molecule has 1 aliphatic heterocycles. The summed E-state index contributed by atoms with van der Waals surface area (Å²) in [7, 11) is 4.24. The molecule has 0 saturated carbocycles. The van der Waals surface area contributed by atoms with Gasteiger partial charge < -0.3 is 0 Å². The van der Waals surface area contributed by atoms with Crippen molar-refractivity contribution in [3.63, 3.8) is 0 Å². The van der Waals surface area contributed by atoms with E-state index in [1.54, 1.807) is 0 Å². The van der Waals surface area contributed by atoms with E-state index in [9.17, 15) is 0 Å². The standard InChI is InChI=1S/C9H19N2/c1-11(2)9-7-5-3-4-6-8-10-9/h9H,3-8H2,1-2H3. The first-order valence-electron chi connectivity index (χ1n) is 4.64. The van der Waals surface area contributed by atoms with Crippen molar-refractivity contribution in [3.05, 3.63) is 0 Å². The lowest BCUT2D eigenvalue weighted by atomic mass is 10.1. The van der Waals surface area contributed by atoms with Crippen molar-refractivity contribution in [3.8, 4) is 0 Å². The molecule has 0 amide bonds. The molecule has 2 nitrogen and oxygen atoms in total. The highest BCUT2D eigenvalue weighted by atomic mass is 15.2. The fourth-order valence-corrected chi connectivity index (χ4v) is 1.55. The first kappa shape index (κ1) is 9.01. The van der Waals surface area contributed by atoms with Gasteiger partial charge in [-0.15, -0.1) is 0 Å². The minimum absolute atomic E-state index is 0.496. The van der Waals surface area contributed by atoms with Crippen molar-refractivity contribution in [1.29, 1.82) is 0 Å². The highest BCUT2D eigenvalue weighted by molar-refractivity contribution is 4.66. The van der Waals surface area contributed by atoms with E-state index in [1.807, 2.05) is 0 Å². The van der Waals surface area contributed by atoms with Gasteiger partial charge in [0.2, 0.25) is 0 Å². The maximum absolute atomic E-state index is 4.61. The summed E-state index contributed by atoms with van der Waals surface area (Å²) in [5, 5.41) is 4.61. The summed E-state index contributed by atoms with van der Waals surface area (Å²) in [6, 6.07) is 0. The molecular weight excluding hydrogens is 136 g/mol. The van der Waals surface area contributed by atoms with E-state index in [2.05, 4.69) is 24.3 Å². The highest BCUT2D eigenvalue weighted by Crippen LogP contribution is 2.11. The van der Waals surface area contributed by atoms with Gasteiger partial charge >= 0.3 is 0 Å². The zero-order valence-electron chi connectivity index (χ0n) is 7.71. The van der Waals surface area contributed by atoms with Gasteiger partial charge in [-0.05, 0) is 26.9 Å². The number of nitrogens with zero attached hydrogens (tertiary/aromatic N) is 2. The Morgan fingerprint density at radius 1 is 1.09 bits per heavy atom. The lowest BCUT2D eigenvalue weighted by Crippen LogP contribution is -2.37. The normalized spacial score (nSPS) is 28.1. The molecule has 1 atom stereocenters. The van der Waals surface area contributed by atoms with Crippen LogP contribution in [-0.4, -0.2) is 31.7 Å². The van der Waals surface area contributed by atoms with Crippen molar-refractivity contribution < 1.29 is 0 Å². The van der Waals surface area contributed by atoms with Crippen LogP contribution in [0.5, 0.6) is 0 Å². The molecule has 0 aromatic heterocycles. The molecule has 0 N–H and O–H groups in total. The molecule has 1 rings (SSSR count). The maximum atomic E-state index is 4.61. The number of hydrogen-bond donors (Lipinski definition) is 0. The van der Waals surface area contributed by atoms with Crippen LogP contribution in [0.3, 0.4) is 0 Å². The highest BCUT2D eigenvalue weighted by Gasteiger charge is 2.12. The predicted molar refractivity (Wildman–Crippen MR) is 47.6 cm³/mol. The van der Waals surface area contributed by atoms with Crippen LogP contribution < -0.4 is 5.32 Å². The molecule has 0 spiro atoms. The zero-order valence-corrected chi connectivity index (χ0v) is 7.71. The first-order valence-corrected chi connectivity index (χ1v) is 4.64. The maximum Gasteiger partial charge on any atom is 0.0755 e. The quantitative estimate of drug-likeness (QED) is 0.560. The summed E-state index contributed by atoms with van der Waals surface area (Å²) in [5.41, 5.74) is 0. The van der Waals surface area contributed by atoms with Gasteiger partial charge in [-0.2, -0.15) is 0 Å². The van der Waals surface area contributed by atoms with Gasteiger partial charge in [0, 0.05) is 6.54 Å². The lowest BCUT2D eigenvalue weighted by Gasteiger charge is -2.25. The van der Waals surface area contributed by atoms with E-state index in [0.29, 0.717) is 6.17 Å². The van der Waals surface area contributed by atoms with Gasteiger partial charge in [-0.3, -0.25) is 4.90 Å². The topological polar surface area (TPSA) is 17.3 Å². The van der Waals surface area contributed by atoms with Crippen molar-refractivity contribution in [1.82, 2.24) is 10.2 Å². The van der Waals surface area contributed by atoms with E-state index in [4.69, 9.17) is 0 Å². The van der Waals surface area contributed by atoms with Crippen LogP contribution in [0.4, 0.5) is 0 Å². The molecule has 65 valence electrons. The third-order valence-electron chi connectivity index (χ3n) is 2.31. The summed E-state index contributed by atoms with van der Waals surface area (Å²) in [6.07, 6.45) is 7.18. The van der Waals surface area contributed by atoms with E-state index in [-0.39, 0.29) is 0 Å². The molecule has 1 radical (unpaired) electrons. The average Bonchev–Trinajstić information content (AvgIpc) is 1.84. The molecule has 1 unspecified atom stereocenters. The third-order valence-corrected chi connectivity index (χ3v) is 2.31. The number of rotatable bonds is 1. The smallest absolute Gasteiger partial charge is 0.0755 e. The second-order valence-corrected chi connectivity index (χ2v) is 3.55. The van der Waals surface area contributed by atoms with Crippen LogP contribution >= 0.6 is 0 Å². The molecule has 0 bridgehead atoms. The van der Waals surface area contributed by atoms with Crippen molar-refractivity contribution in [2.45, 2.75) is 38.3 Å². The minimum atomic E-state index is 0.496. The van der Waals surface area contributed by atoms with Gasteiger partial charge in [0.05, 0.1) is 6.17 Å². The first-order chi connectivity index (χ1) is 5.30. The molecule has 2 heteroatoms. The molecule has 11 heavy (non-hydrogen) atoms. The van der Waals surface area contributed by atoms with Crippen LogP contribution in [0.25, 0.3) is 0 Å². The van der Waals surface area contributed by atoms with Crippen molar-refractivity contribution in [2.24, 2.45) is 0 Å². The molecule has 1 aliphatic rings. The van der Waals surface area contributed by atoms with E-state index < -0.39 is 0 Å². The SMILES string of the molecule is CN(C)C1CCCCCC[N]1. The second kappa shape index (κ2) is 4.73. The Morgan fingerprint density at radius 2 is 1.82 bits per heavy atom. The van der Waals surface area contributed by atoms with Gasteiger partial charge in [0.25, 0.3) is 0 Å². The Labute approximate surface area is 70.0 Å². The molecule has 1 saturated heterocycles. The molecule has 0 aromatic rings.